The molecule has 69 heavy (non-hydrogen) atoms. The van der Waals surface area contributed by atoms with Gasteiger partial charge >= 0.3 is 0 Å². The number of benzene rings is 11. The molecule has 0 saturated carbocycles. The minimum absolute atomic E-state index is 1.06. The van der Waals surface area contributed by atoms with Crippen LogP contribution < -0.4 is 4.90 Å². The zero-order valence-corrected chi connectivity index (χ0v) is 37.8. The van der Waals surface area contributed by atoms with E-state index >= 15 is 0 Å². The fourth-order valence-corrected chi connectivity index (χ4v) is 10.7. The van der Waals surface area contributed by atoms with E-state index in [1.54, 1.807) is 0 Å². The SMILES string of the molecule is c1ccc(-c2ccccc2-c2ccccc2-c2ccccc2N(c2ccc(-c3cccc4c3c3ccccc3n4-c3ccccc3)cc2)c2ccc(-n3c4ccccc4c4ccccc43)cc2)cc1. The topological polar surface area (TPSA) is 13.1 Å². The minimum atomic E-state index is 1.06. The van der Waals surface area contributed by atoms with E-state index in [2.05, 4.69) is 287 Å². The molecule has 0 radical (unpaired) electrons. The molecule has 0 spiro atoms. The molecule has 0 atom stereocenters. The Morgan fingerprint density at radius 2 is 0.623 bits per heavy atom. The zero-order valence-electron chi connectivity index (χ0n) is 37.8. The fourth-order valence-electron chi connectivity index (χ4n) is 10.7. The highest BCUT2D eigenvalue weighted by Crippen LogP contribution is 2.46. The minimum Gasteiger partial charge on any atom is -0.310 e. The average Bonchev–Trinajstić information content (AvgIpc) is 3.95. The Morgan fingerprint density at radius 3 is 1.26 bits per heavy atom. The lowest BCUT2D eigenvalue weighted by atomic mass is 9.88. The highest BCUT2D eigenvalue weighted by atomic mass is 15.1. The van der Waals surface area contributed by atoms with Crippen molar-refractivity contribution in [3.05, 3.63) is 273 Å². The molecule has 0 bridgehead atoms. The van der Waals surface area contributed by atoms with Crippen LogP contribution in [0.5, 0.6) is 0 Å². The van der Waals surface area contributed by atoms with Crippen molar-refractivity contribution in [3.8, 4) is 55.9 Å². The van der Waals surface area contributed by atoms with E-state index < -0.39 is 0 Å². The number of anilines is 3. The van der Waals surface area contributed by atoms with Crippen LogP contribution in [0.1, 0.15) is 0 Å². The van der Waals surface area contributed by atoms with Crippen molar-refractivity contribution in [1.82, 2.24) is 9.13 Å². The summed E-state index contributed by atoms with van der Waals surface area (Å²) in [4.78, 5) is 2.43. The van der Waals surface area contributed by atoms with Gasteiger partial charge in [0.1, 0.15) is 0 Å². The van der Waals surface area contributed by atoms with E-state index in [9.17, 15) is 0 Å². The lowest BCUT2D eigenvalue weighted by Crippen LogP contribution is -2.11. The molecule has 13 aromatic rings. The van der Waals surface area contributed by atoms with Crippen molar-refractivity contribution in [3.63, 3.8) is 0 Å². The lowest BCUT2D eigenvalue weighted by molar-refractivity contribution is 1.17. The molecule has 0 N–H and O–H groups in total. The largest absolute Gasteiger partial charge is 0.310 e. The third kappa shape index (κ3) is 6.82. The van der Waals surface area contributed by atoms with Gasteiger partial charge in [0.2, 0.25) is 0 Å². The fraction of sp³-hybridized carbons (Fsp3) is 0. The predicted molar refractivity (Wildman–Crippen MR) is 292 cm³/mol. The summed E-state index contributed by atoms with van der Waals surface area (Å²) >= 11 is 0. The summed E-state index contributed by atoms with van der Waals surface area (Å²) in [5.41, 5.74) is 19.7. The molecule has 3 heteroatoms. The molecular formula is C66H45N3. The number of aromatic nitrogens is 2. The van der Waals surface area contributed by atoms with E-state index in [1.807, 2.05) is 0 Å². The quantitative estimate of drug-likeness (QED) is 0.141. The number of fused-ring (bicyclic) bond motifs is 6. The molecule has 0 unspecified atom stereocenters. The Bertz CT molecular complexity index is 3940. The smallest absolute Gasteiger partial charge is 0.0547 e. The van der Waals surface area contributed by atoms with Crippen molar-refractivity contribution in [2.45, 2.75) is 0 Å². The van der Waals surface area contributed by atoms with Gasteiger partial charge in [-0.15, -0.1) is 0 Å². The van der Waals surface area contributed by atoms with Gasteiger partial charge in [-0.2, -0.15) is 0 Å². The van der Waals surface area contributed by atoms with Crippen molar-refractivity contribution >= 4 is 60.7 Å². The molecular weight excluding hydrogens is 835 g/mol. The number of hydrogen-bond donors (Lipinski definition) is 0. The highest BCUT2D eigenvalue weighted by Gasteiger charge is 2.22. The number of rotatable bonds is 9. The van der Waals surface area contributed by atoms with Crippen molar-refractivity contribution in [2.24, 2.45) is 0 Å². The third-order valence-corrected chi connectivity index (χ3v) is 13.8. The molecule has 2 heterocycles. The maximum Gasteiger partial charge on any atom is 0.0547 e. The van der Waals surface area contributed by atoms with Crippen LogP contribution in [0.3, 0.4) is 0 Å². The van der Waals surface area contributed by atoms with Gasteiger partial charge in [-0.1, -0.05) is 194 Å². The van der Waals surface area contributed by atoms with Gasteiger partial charge in [-0.3, -0.25) is 0 Å². The van der Waals surface area contributed by atoms with Crippen LogP contribution in [0, 0.1) is 0 Å². The molecule has 0 aliphatic rings. The Kier molecular flexibility index (Phi) is 9.84. The second-order valence-corrected chi connectivity index (χ2v) is 17.6. The van der Waals surface area contributed by atoms with Gasteiger partial charge in [-0.05, 0) is 118 Å². The standard InChI is InChI=1S/C66H45N3/c1-3-20-46(21-4-1)52-24-7-8-25-54(52)55-26-9-10-27-56(55)57-28-11-15-33-61(57)67(50-42-44-51(45-43-50)68-62-34-16-12-29-58(62)59-30-13-17-35-63(59)68)49-40-38-47(39-41-49)53-32-19-37-65-66(53)60-31-14-18-36-64(60)69(65)48-22-5-2-6-23-48/h1-45H. The van der Waals surface area contributed by atoms with Crippen LogP contribution in [-0.4, -0.2) is 9.13 Å². The first-order valence-corrected chi connectivity index (χ1v) is 23.7. The highest BCUT2D eigenvalue weighted by molar-refractivity contribution is 6.16. The predicted octanol–water partition coefficient (Wildman–Crippen LogP) is 18.0. The van der Waals surface area contributed by atoms with Crippen LogP contribution in [0.15, 0.2) is 273 Å². The zero-order chi connectivity index (χ0) is 45.7. The summed E-state index contributed by atoms with van der Waals surface area (Å²) in [6.07, 6.45) is 0. The summed E-state index contributed by atoms with van der Waals surface area (Å²) in [7, 11) is 0. The van der Waals surface area contributed by atoms with Gasteiger partial charge in [0, 0.05) is 49.9 Å². The summed E-state index contributed by atoms with van der Waals surface area (Å²) in [6, 6.07) is 99.1. The number of para-hydroxylation sites is 5. The molecule has 2 aromatic heterocycles. The number of nitrogens with zero attached hydrogens (tertiary/aromatic N) is 3. The van der Waals surface area contributed by atoms with Gasteiger partial charge in [-0.25, -0.2) is 0 Å². The molecule has 11 aromatic carbocycles. The van der Waals surface area contributed by atoms with E-state index in [0.717, 1.165) is 39.6 Å². The van der Waals surface area contributed by atoms with Gasteiger partial charge in [0.25, 0.3) is 0 Å². The van der Waals surface area contributed by atoms with E-state index in [1.165, 1.54) is 77.0 Å². The summed E-state index contributed by atoms with van der Waals surface area (Å²) in [5, 5.41) is 4.99. The molecule has 0 aliphatic carbocycles. The third-order valence-electron chi connectivity index (χ3n) is 13.8. The maximum atomic E-state index is 2.43. The Morgan fingerprint density at radius 1 is 0.232 bits per heavy atom. The number of hydrogen-bond acceptors (Lipinski definition) is 1. The van der Waals surface area contributed by atoms with Crippen molar-refractivity contribution in [2.75, 3.05) is 4.90 Å². The Balaban J connectivity index is 0.982. The van der Waals surface area contributed by atoms with Crippen LogP contribution in [0.2, 0.25) is 0 Å². The summed E-state index contributed by atoms with van der Waals surface area (Å²) in [5.74, 6) is 0. The molecule has 0 amide bonds. The van der Waals surface area contributed by atoms with Gasteiger partial charge in [0.15, 0.2) is 0 Å². The monoisotopic (exact) mass is 879 g/mol. The first kappa shape index (κ1) is 40.1. The van der Waals surface area contributed by atoms with Crippen LogP contribution in [-0.2, 0) is 0 Å². The van der Waals surface area contributed by atoms with Crippen LogP contribution in [0.4, 0.5) is 17.1 Å². The summed E-state index contributed by atoms with van der Waals surface area (Å²) in [6.45, 7) is 0. The van der Waals surface area contributed by atoms with Crippen molar-refractivity contribution in [1.29, 1.82) is 0 Å². The molecule has 0 aliphatic heterocycles. The average molecular weight is 880 g/mol. The van der Waals surface area contributed by atoms with Crippen LogP contribution in [0.25, 0.3) is 99.5 Å². The van der Waals surface area contributed by atoms with Gasteiger partial charge < -0.3 is 14.0 Å². The molecule has 13 rings (SSSR count). The Hall–Kier alpha value is -9.18. The van der Waals surface area contributed by atoms with Gasteiger partial charge in [0.05, 0.1) is 27.8 Å². The first-order chi connectivity index (χ1) is 34.3. The van der Waals surface area contributed by atoms with E-state index in [-0.39, 0.29) is 0 Å². The molecule has 0 fully saturated rings. The first-order valence-electron chi connectivity index (χ1n) is 23.7. The molecule has 3 nitrogen and oxygen atoms in total. The van der Waals surface area contributed by atoms with E-state index in [4.69, 9.17) is 0 Å². The van der Waals surface area contributed by atoms with Crippen molar-refractivity contribution < 1.29 is 0 Å². The normalized spacial score (nSPS) is 11.5. The molecule has 324 valence electrons. The van der Waals surface area contributed by atoms with Crippen LogP contribution >= 0.6 is 0 Å². The second kappa shape index (κ2) is 16.9. The summed E-state index contributed by atoms with van der Waals surface area (Å²) < 4.78 is 4.78. The maximum absolute atomic E-state index is 2.43. The molecule has 0 saturated heterocycles. The lowest BCUT2D eigenvalue weighted by Gasteiger charge is -2.29. The van der Waals surface area contributed by atoms with E-state index in [0.29, 0.717) is 0 Å². The second-order valence-electron chi connectivity index (χ2n) is 17.6. The Labute approximate surface area is 401 Å².